The molecule has 0 aromatic heterocycles. The maximum absolute atomic E-state index is 14.3. The van der Waals surface area contributed by atoms with Gasteiger partial charge in [0.2, 0.25) is 23.6 Å². The minimum Gasteiger partial charge on any atom is -0.356 e. The van der Waals surface area contributed by atoms with Gasteiger partial charge in [0, 0.05) is 31.3 Å². The first-order chi connectivity index (χ1) is 20.9. The molecule has 4 amide bonds. The molecule has 0 spiro atoms. The Morgan fingerprint density at radius 3 is 2.19 bits per heavy atom. The van der Waals surface area contributed by atoms with Gasteiger partial charge in [-0.2, -0.15) is 0 Å². The van der Waals surface area contributed by atoms with Crippen LogP contribution in [0.2, 0.25) is 0 Å². The number of nitrogens with zero attached hydrogens (tertiary/aromatic N) is 1. The van der Waals surface area contributed by atoms with E-state index in [1.807, 2.05) is 67.6 Å². The highest BCUT2D eigenvalue weighted by atomic mass is 16.2. The van der Waals surface area contributed by atoms with Crippen molar-refractivity contribution in [3.05, 3.63) is 71.8 Å². The summed E-state index contributed by atoms with van der Waals surface area (Å²) in [6, 6.07) is 17.0. The molecule has 2 heterocycles. The second-order valence-corrected chi connectivity index (χ2v) is 11.3. The quantitative estimate of drug-likeness (QED) is 0.286. The third-order valence-corrected chi connectivity index (χ3v) is 8.65. The van der Waals surface area contributed by atoms with Gasteiger partial charge in [-0.15, -0.1) is 12.3 Å². The zero-order valence-electron chi connectivity index (χ0n) is 25.1. The summed E-state index contributed by atoms with van der Waals surface area (Å²) in [5.74, 6) is 1.18. The van der Waals surface area contributed by atoms with Gasteiger partial charge in [0.15, 0.2) is 0 Å². The van der Waals surface area contributed by atoms with Crippen LogP contribution in [0.5, 0.6) is 0 Å². The van der Waals surface area contributed by atoms with E-state index in [0.29, 0.717) is 38.5 Å². The summed E-state index contributed by atoms with van der Waals surface area (Å²) in [5.41, 5.74) is 1.89. The molecule has 5 atom stereocenters. The summed E-state index contributed by atoms with van der Waals surface area (Å²) in [6.07, 6.45) is 8.92. The van der Waals surface area contributed by atoms with Gasteiger partial charge in [0.1, 0.15) is 12.1 Å². The van der Waals surface area contributed by atoms with Crippen molar-refractivity contribution in [2.45, 2.75) is 82.1 Å². The van der Waals surface area contributed by atoms with E-state index in [1.165, 1.54) is 0 Å². The lowest BCUT2D eigenvalue weighted by Crippen LogP contribution is -2.59. The van der Waals surface area contributed by atoms with Crippen LogP contribution in [-0.2, 0) is 19.2 Å². The molecule has 2 aliphatic rings. The van der Waals surface area contributed by atoms with Crippen LogP contribution in [0.15, 0.2) is 60.7 Å². The number of likely N-dealkylation sites (N-methyl/N-ethyl adjacent to an activating group) is 1. The first kappa shape index (κ1) is 31.8. The normalized spacial score (nSPS) is 22.2. The number of fused-ring (bicyclic) bond motifs is 1. The van der Waals surface area contributed by atoms with Crippen LogP contribution < -0.4 is 21.3 Å². The standard InChI is InChI=1S/C34H43N5O4/c1-4-6-17-29(40)36-22-25-18-19-26-20-21-28(39(26)34(43)31(25)38-32(41)27(5-2)35-3)33(42)37-30(23-13-9-7-10-14-23)24-15-11-8-12-16-24/h1,7-16,25-28,30-31,35H,5-6,17-22H2,2-3H3,(H,36,40)(H,37,42)(H,38,41)/t25-,26?,27+,28+,31+/m1/s1. The van der Waals surface area contributed by atoms with Crippen molar-refractivity contribution < 1.29 is 19.2 Å². The predicted octanol–water partition coefficient (Wildman–Crippen LogP) is 2.67. The number of terminal acetylenes is 1. The minimum absolute atomic E-state index is 0.122. The number of amides is 4. The number of benzene rings is 2. The second kappa shape index (κ2) is 15.4. The topological polar surface area (TPSA) is 120 Å². The smallest absolute Gasteiger partial charge is 0.246 e. The number of hydrogen-bond donors (Lipinski definition) is 4. The van der Waals surface area contributed by atoms with Crippen molar-refractivity contribution in [3.8, 4) is 12.3 Å². The number of nitrogens with one attached hydrogen (secondary N) is 4. The van der Waals surface area contributed by atoms with Crippen LogP contribution in [0.4, 0.5) is 0 Å². The van der Waals surface area contributed by atoms with Gasteiger partial charge in [-0.05, 0) is 50.3 Å². The summed E-state index contributed by atoms with van der Waals surface area (Å²) in [7, 11) is 1.71. The SMILES string of the molecule is C#CCCC(=O)NC[C@H]1CCC2CC[C@@H](C(=O)NC(c3ccccc3)c3ccccc3)N2C(=O)[C@H]1NC(=O)[C@H](CC)NC. The molecular formula is C34H43N5O4. The van der Waals surface area contributed by atoms with Gasteiger partial charge in [-0.25, -0.2) is 0 Å². The zero-order chi connectivity index (χ0) is 30.8. The lowest BCUT2D eigenvalue weighted by atomic mass is 9.92. The van der Waals surface area contributed by atoms with E-state index >= 15 is 0 Å². The van der Waals surface area contributed by atoms with E-state index in [-0.39, 0.29) is 54.6 Å². The van der Waals surface area contributed by atoms with Crippen molar-refractivity contribution in [3.63, 3.8) is 0 Å². The van der Waals surface area contributed by atoms with E-state index in [1.54, 1.807) is 11.9 Å². The Morgan fingerprint density at radius 2 is 1.60 bits per heavy atom. The lowest BCUT2D eigenvalue weighted by molar-refractivity contribution is -0.143. The molecule has 2 saturated heterocycles. The fraction of sp³-hybridized carbons (Fsp3) is 0.471. The molecule has 2 fully saturated rings. The summed E-state index contributed by atoms with van der Waals surface area (Å²) >= 11 is 0. The number of carbonyl (C=O) groups is 4. The molecule has 0 radical (unpaired) electrons. The Kier molecular flexibility index (Phi) is 11.3. The molecule has 2 aromatic carbocycles. The van der Waals surface area contributed by atoms with E-state index < -0.39 is 18.1 Å². The van der Waals surface area contributed by atoms with Crippen LogP contribution >= 0.6 is 0 Å². The largest absolute Gasteiger partial charge is 0.356 e. The van der Waals surface area contributed by atoms with Gasteiger partial charge in [-0.3, -0.25) is 19.2 Å². The average molecular weight is 586 g/mol. The molecule has 4 N–H and O–H groups in total. The summed E-state index contributed by atoms with van der Waals surface area (Å²) in [4.78, 5) is 55.5. The Bertz CT molecular complexity index is 1250. The van der Waals surface area contributed by atoms with Crippen LogP contribution in [0.1, 0.15) is 69.0 Å². The van der Waals surface area contributed by atoms with Gasteiger partial charge >= 0.3 is 0 Å². The molecule has 2 aliphatic heterocycles. The van der Waals surface area contributed by atoms with Crippen molar-refractivity contribution in [1.29, 1.82) is 0 Å². The van der Waals surface area contributed by atoms with Crippen LogP contribution in [0.25, 0.3) is 0 Å². The minimum atomic E-state index is -0.875. The molecule has 228 valence electrons. The molecule has 4 rings (SSSR count). The van der Waals surface area contributed by atoms with E-state index in [2.05, 4.69) is 27.2 Å². The van der Waals surface area contributed by atoms with Gasteiger partial charge in [-0.1, -0.05) is 67.6 Å². The molecule has 0 aliphatic carbocycles. The maximum atomic E-state index is 14.3. The third-order valence-electron chi connectivity index (χ3n) is 8.65. The maximum Gasteiger partial charge on any atom is 0.246 e. The zero-order valence-corrected chi connectivity index (χ0v) is 25.1. The highest BCUT2D eigenvalue weighted by molar-refractivity contribution is 5.94. The first-order valence-corrected chi connectivity index (χ1v) is 15.3. The summed E-state index contributed by atoms with van der Waals surface area (Å²) in [6.45, 7) is 2.13. The number of rotatable bonds is 12. The van der Waals surface area contributed by atoms with Crippen molar-refractivity contribution in [2.75, 3.05) is 13.6 Å². The fourth-order valence-electron chi connectivity index (χ4n) is 6.27. The number of carbonyl (C=O) groups excluding carboxylic acids is 4. The molecule has 43 heavy (non-hydrogen) atoms. The fourth-order valence-corrected chi connectivity index (χ4v) is 6.27. The van der Waals surface area contributed by atoms with Crippen molar-refractivity contribution >= 4 is 23.6 Å². The van der Waals surface area contributed by atoms with Crippen molar-refractivity contribution in [2.24, 2.45) is 5.92 Å². The highest BCUT2D eigenvalue weighted by Gasteiger charge is 2.48. The van der Waals surface area contributed by atoms with Crippen LogP contribution in [0.3, 0.4) is 0 Å². The van der Waals surface area contributed by atoms with Gasteiger partial charge in [0.05, 0.1) is 12.1 Å². The molecule has 1 unspecified atom stereocenters. The lowest BCUT2D eigenvalue weighted by Gasteiger charge is -2.33. The Hall–Kier alpha value is -4.16. The Labute approximate surface area is 254 Å². The van der Waals surface area contributed by atoms with Crippen LogP contribution in [0, 0.1) is 18.3 Å². The summed E-state index contributed by atoms with van der Waals surface area (Å²) in [5, 5.41) is 12.1. The molecule has 9 nitrogen and oxygen atoms in total. The molecule has 0 saturated carbocycles. The third kappa shape index (κ3) is 7.82. The van der Waals surface area contributed by atoms with Crippen molar-refractivity contribution in [1.82, 2.24) is 26.2 Å². The molecule has 2 aromatic rings. The highest BCUT2D eigenvalue weighted by Crippen LogP contribution is 2.35. The summed E-state index contributed by atoms with van der Waals surface area (Å²) < 4.78 is 0. The van der Waals surface area contributed by atoms with Crippen LogP contribution in [-0.4, -0.2) is 66.3 Å². The first-order valence-electron chi connectivity index (χ1n) is 15.3. The predicted molar refractivity (Wildman–Crippen MR) is 165 cm³/mol. The molecule has 0 bridgehead atoms. The van der Waals surface area contributed by atoms with E-state index in [0.717, 1.165) is 11.1 Å². The Balaban J connectivity index is 1.58. The average Bonchev–Trinajstić information content (AvgIpc) is 3.42. The monoisotopic (exact) mass is 585 g/mol. The molecular weight excluding hydrogens is 542 g/mol. The van der Waals surface area contributed by atoms with Gasteiger partial charge < -0.3 is 26.2 Å². The van der Waals surface area contributed by atoms with Gasteiger partial charge in [0.25, 0.3) is 0 Å². The number of hydrogen-bond acceptors (Lipinski definition) is 5. The molecule has 9 heteroatoms. The second-order valence-electron chi connectivity index (χ2n) is 11.3. The Morgan fingerprint density at radius 1 is 0.977 bits per heavy atom. The van der Waals surface area contributed by atoms with E-state index in [4.69, 9.17) is 6.42 Å². The van der Waals surface area contributed by atoms with E-state index in [9.17, 15) is 19.2 Å².